The van der Waals surface area contributed by atoms with Crippen molar-refractivity contribution in [1.82, 2.24) is 14.7 Å². The van der Waals surface area contributed by atoms with Crippen molar-refractivity contribution in [2.75, 3.05) is 13.1 Å². The van der Waals surface area contributed by atoms with Gasteiger partial charge in [-0.05, 0) is 35.0 Å². The second kappa shape index (κ2) is 10.3. The monoisotopic (exact) mass is 483 g/mol. The van der Waals surface area contributed by atoms with Crippen molar-refractivity contribution in [1.29, 1.82) is 0 Å². The largest absolute Gasteiger partial charge is 0.488 e. The minimum atomic E-state index is -1.48. The van der Waals surface area contributed by atoms with E-state index < -0.39 is 12.7 Å². The third-order valence-electron chi connectivity index (χ3n) is 7.36. The van der Waals surface area contributed by atoms with Crippen LogP contribution in [-0.2, 0) is 24.4 Å². The zero-order valence-corrected chi connectivity index (χ0v) is 20.2. The topological polar surface area (TPSA) is 84.3 Å². The Kier molecular flexibility index (Phi) is 6.91. The maximum absolute atomic E-state index is 13.9. The molecule has 0 aliphatic carbocycles. The molecule has 0 atom stereocenters. The highest BCUT2D eigenvalue weighted by Gasteiger charge is 2.57. The normalized spacial score (nSPS) is 17.7. The molecule has 3 aromatic rings. The Morgan fingerprint density at radius 2 is 1.22 bits per heavy atom. The molecule has 36 heavy (non-hydrogen) atoms. The van der Waals surface area contributed by atoms with E-state index in [9.17, 15) is 19.6 Å². The van der Waals surface area contributed by atoms with E-state index >= 15 is 0 Å². The Morgan fingerprint density at radius 1 is 0.694 bits per heavy atom. The van der Waals surface area contributed by atoms with Crippen molar-refractivity contribution in [3.63, 3.8) is 0 Å². The van der Waals surface area contributed by atoms with Gasteiger partial charge in [-0.25, -0.2) is 4.79 Å². The van der Waals surface area contributed by atoms with Crippen LogP contribution in [0.5, 0.6) is 0 Å². The van der Waals surface area contributed by atoms with E-state index in [2.05, 4.69) is 4.90 Å². The average molecular weight is 483 g/mol. The quantitative estimate of drug-likeness (QED) is 0.398. The summed E-state index contributed by atoms with van der Waals surface area (Å²) in [6.45, 7) is 2.76. The van der Waals surface area contributed by atoms with Crippen LogP contribution in [0.25, 0.3) is 0 Å². The lowest BCUT2D eigenvalue weighted by Gasteiger charge is -2.42. The first-order chi connectivity index (χ1) is 17.5. The highest BCUT2D eigenvalue weighted by Crippen LogP contribution is 2.39. The number of amides is 3. The van der Waals surface area contributed by atoms with Crippen LogP contribution < -0.4 is 5.46 Å². The number of nitrogens with zero attached hydrogens (tertiary/aromatic N) is 3. The van der Waals surface area contributed by atoms with Gasteiger partial charge in [-0.1, -0.05) is 84.9 Å². The summed E-state index contributed by atoms with van der Waals surface area (Å²) < 4.78 is 0. The number of piperidine rings is 1. The van der Waals surface area contributed by atoms with Gasteiger partial charge in [0.1, 0.15) is 5.54 Å². The molecule has 2 fully saturated rings. The molecule has 3 aromatic carbocycles. The number of hydrogen-bond donors (Lipinski definition) is 2. The lowest BCUT2D eigenvalue weighted by molar-refractivity contribution is -0.136. The Bertz CT molecular complexity index is 1200. The number of carbonyl (C=O) groups excluding carboxylic acids is 2. The number of carbonyl (C=O) groups is 2. The van der Waals surface area contributed by atoms with Gasteiger partial charge in [-0.2, -0.15) is 0 Å². The van der Waals surface area contributed by atoms with Gasteiger partial charge in [-0.3, -0.25) is 14.6 Å². The summed E-state index contributed by atoms with van der Waals surface area (Å²) in [6, 6.07) is 26.5. The van der Waals surface area contributed by atoms with Gasteiger partial charge in [0.05, 0.1) is 6.54 Å². The molecule has 8 heteroatoms. The molecule has 2 aliphatic rings. The van der Waals surface area contributed by atoms with Crippen molar-refractivity contribution >= 4 is 24.5 Å². The highest BCUT2D eigenvalue weighted by molar-refractivity contribution is 6.58. The third-order valence-corrected chi connectivity index (χ3v) is 7.36. The standard InChI is InChI=1S/C28H30BN3O4/c33-26-28(15-17-30(18-16-28)19-24-11-13-25(14-12-24)29(35)36)32(21-23-9-5-2-6-10-23)27(34)31(26)20-22-7-3-1-4-8-22/h1-14,35-36H,15-21H2. The van der Waals surface area contributed by atoms with E-state index in [0.717, 1.165) is 16.7 Å². The molecule has 0 radical (unpaired) electrons. The first kappa shape index (κ1) is 24.2. The predicted molar refractivity (Wildman–Crippen MR) is 138 cm³/mol. The summed E-state index contributed by atoms with van der Waals surface area (Å²) in [5.74, 6) is -0.103. The van der Waals surface area contributed by atoms with Gasteiger partial charge in [-0.15, -0.1) is 0 Å². The lowest BCUT2D eigenvalue weighted by Crippen LogP contribution is -2.56. The molecule has 0 aromatic heterocycles. The van der Waals surface area contributed by atoms with E-state index in [-0.39, 0.29) is 18.5 Å². The zero-order valence-electron chi connectivity index (χ0n) is 20.2. The molecule has 0 bridgehead atoms. The summed E-state index contributed by atoms with van der Waals surface area (Å²) in [7, 11) is -1.48. The van der Waals surface area contributed by atoms with Crippen LogP contribution >= 0.6 is 0 Å². The van der Waals surface area contributed by atoms with Crippen LogP contribution in [-0.4, -0.2) is 62.4 Å². The third kappa shape index (κ3) is 4.80. The van der Waals surface area contributed by atoms with E-state index in [0.29, 0.717) is 44.5 Å². The Labute approximate surface area is 211 Å². The molecule has 2 saturated heterocycles. The molecule has 3 amide bonds. The van der Waals surface area contributed by atoms with Crippen molar-refractivity contribution < 1.29 is 19.6 Å². The molecule has 2 aliphatic heterocycles. The van der Waals surface area contributed by atoms with Crippen LogP contribution in [0.4, 0.5) is 4.79 Å². The summed E-state index contributed by atoms with van der Waals surface area (Å²) in [6.07, 6.45) is 1.15. The molecule has 0 unspecified atom stereocenters. The van der Waals surface area contributed by atoms with E-state index in [4.69, 9.17) is 0 Å². The first-order valence-electron chi connectivity index (χ1n) is 12.3. The van der Waals surface area contributed by atoms with Gasteiger partial charge in [0.15, 0.2) is 0 Å². The number of imide groups is 1. The summed E-state index contributed by atoms with van der Waals surface area (Å²) in [4.78, 5) is 33.0. The predicted octanol–water partition coefficient (Wildman–Crippen LogP) is 2.37. The molecular formula is C28H30BN3O4. The zero-order chi connectivity index (χ0) is 25.1. The van der Waals surface area contributed by atoms with Gasteiger partial charge < -0.3 is 14.9 Å². The number of urea groups is 1. The number of likely N-dealkylation sites (tertiary alicyclic amines) is 1. The van der Waals surface area contributed by atoms with Gasteiger partial charge in [0, 0.05) is 26.2 Å². The number of benzene rings is 3. The molecule has 2 N–H and O–H groups in total. The smallest absolute Gasteiger partial charge is 0.423 e. The fourth-order valence-electron chi connectivity index (χ4n) is 5.29. The molecule has 1 spiro atoms. The fraction of sp³-hybridized carbons (Fsp3) is 0.286. The molecule has 2 heterocycles. The Balaban J connectivity index is 1.35. The van der Waals surface area contributed by atoms with E-state index in [1.807, 2.05) is 72.8 Å². The molecule has 5 rings (SSSR count). The van der Waals surface area contributed by atoms with Crippen LogP contribution in [0, 0.1) is 0 Å². The van der Waals surface area contributed by atoms with Gasteiger partial charge in [0.2, 0.25) is 0 Å². The number of rotatable bonds is 7. The summed E-state index contributed by atoms with van der Waals surface area (Å²) in [5.41, 5.74) is 2.62. The Hall–Kier alpha value is -3.46. The van der Waals surface area contributed by atoms with Crippen molar-refractivity contribution in [3.8, 4) is 0 Å². The van der Waals surface area contributed by atoms with Crippen molar-refractivity contribution in [3.05, 3.63) is 102 Å². The van der Waals surface area contributed by atoms with Crippen LogP contribution in [0.1, 0.15) is 29.5 Å². The van der Waals surface area contributed by atoms with Crippen LogP contribution in [0.15, 0.2) is 84.9 Å². The maximum atomic E-state index is 13.9. The highest BCUT2D eigenvalue weighted by atomic mass is 16.4. The number of hydrogen-bond acceptors (Lipinski definition) is 5. The van der Waals surface area contributed by atoms with Crippen LogP contribution in [0.2, 0.25) is 0 Å². The minimum absolute atomic E-state index is 0.103. The molecule has 184 valence electrons. The van der Waals surface area contributed by atoms with Crippen molar-refractivity contribution in [2.45, 2.75) is 38.0 Å². The first-order valence-corrected chi connectivity index (χ1v) is 12.3. The Morgan fingerprint density at radius 3 is 1.78 bits per heavy atom. The van der Waals surface area contributed by atoms with Crippen molar-refractivity contribution in [2.24, 2.45) is 0 Å². The van der Waals surface area contributed by atoms with Gasteiger partial charge >= 0.3 is 13.1 Å². The summed E-state index contributed by atoms with van der Waals surface area (Å²) >= 11 is 0. The maximum Gasteiger partial charge on any atom is 0.488 e. The summed E-state index contributed by atoms with van der Waals surface area (Å²) in [5, 5.41) is 18.6. The molecule has 0 saturated carbocycles. The molecule has 7 nitrogen and oxygen atoms in total. The fourth-order valence-corrected chi connectivity index (χ4v) is 5.29. The minimum Gasteiger partial charge on any atom is -0.423 e. The molecular weight excluding hydrogens is 453 g/mol. The second-order valence-corrected chi connectivity index (χ2v) is 9.65. The lowest BCUT2D eigenvalue weighted by atomic mass is 9.80. The van der Waals surface area contributed by atoms with Gasteiger partial charge in [0.25, 0.3) is 5.91 Å². The average Bonchev–Trinajstić information content (AvgIpc) is 3.08. The van der Waals surface area contributed by atoms with Crippen LogP contribution in [0.3, 0.4) is 0 Å². The SMILES string of the molecule is O=C1N(Cc2ccccc2)C(=O)C2(CCN(Cc3ccc(B(O)O)cc3)CC2)N1Cc1ccccc1. The van der Waals surface area contributed by atoms with E-state index in [1.54, 1.807) is 17.0 Å². The second-order valence-electron chi connectivity index (χ2n) is 9.65. The van der Waals surface area contributed by atoms with E-state index in [1.165, 1.54) is 4.90 Å².